The Bertz CT molecular complexity index is 239. The summed E-state index contributed by atoms with van der Waals surface area (Å²) in [6.45, 7) is 11.5. The molecular weight excluding hydrogens is 343 g/mol. The summed E-state index contributed by atoms with van der Waals surface area (Å²) in [5.74, 6) is 0. The van der Waals surface area contributed by atoms with Crippen molar-refractivity contribution in [1.82, 2.24) is 8.01 Å². The van der Waals surface area contributed by atoms with E-state index in [9.17, 15) is 0 Å². The highest BCUT2D eigenvalue weighted by Gasteiger charge is 2.29. The number of ether oxygens (including phenoxy) is 2. The van der Waals surface area contributed by atoms with Crippen LogP contribution in [0.2, 0.25) is 0 Å². The van der Waals surface area contributed by atoms with Crippen molar-refractivity contribution in [2.75, 3.05) is 59.2 Å². The fourth-order valence-corrected chi connectivity index (χ4v) is 2.98. The maximum Gasteiger partial charge on any atom is 0.0594 e. The van der Waals surface area contributed by atoms with Gasteiger partial charge in [0.05, 0.1) is 26.4 Å². The topological polar surface area (TPSA) is 24.9 Å². The molecule has 0 saturated carbocycles. The zero-order valence-electron chi connectivity index (χ0n) is 11.4. The predicted molar refractivity (Wildman–Crippen MR) is 81.0 cm³/mol. The first kappa shape index (κ1) is 15.0. The smallest absolute Gasteiger partial charge is 0.0594 e. The molecule has 0 aromatic heterocycles. The number of nitrogens with zero attached hydrogens (tertiary/aromatic N) is 2. The van der Waals surface area contributed by atoms with Crippen LogP contribution in [0, 0.1) is 5.41 Å². The highest BCUT2D eigenvalue weighted by Crippen LogP contribution is 2.32. The fourth-order valence-electron chi connectivity index (χ4n) is 2.50. The zero-order chi connectivity index (χ0) is 12.8. The fraction of sp³-hybridized carbons (Fsp3) is 1.00. The quantitative estimate of drug-likeness (QED) is 0.420. The van der Waals surface area contributed by atoms with Gasteiger partial charge in [0.2, 0.25) is 0 Å². The molecular formula is C13H25IN2O2. The third-order valence-corrected chi connectivity index (χ3v) is 4.99. The number of morpholine rings is 1. The van der Waals surface area contributed by atoms with E-state index in [1.807, 2.05) is 0 Å². The molecule has 0 amide bonds. The largest absolute Gasteiger partial charge is 0.380 e. The molecule has 0 unspecified atom stereocenters. The molecule has 2 fully saturated rings. The maximum absolute atomic E-state index is 5.91. The summed E-state index contributed by atoms with van der Waals surface area (Å²) in [6, 6.07) is 0. The second-order valence-electron chi connectivity index (χ2n) is 5.73. The van der Waals surface area contributed by atoms with Crippen molar-refractivity contribution in [2.45, 2.75) is 19.8 Å². The molecule has 0 aromatic carbocycles. The Hall–Kier alpha value is 0.570. The highest BCUT2D eigenvalue weighted by atomic mass is 127. The Morgan fingerprint density at radius 3 is 2.50 bits per heavy atom. The van der Waals surface area contributed by atoms with E-state index in [0.29, 0.717) is 5.41 Å². The Morgan fingerprint density at radius 1 is 1.17 bits per heavy atom. The molecule has 18 heavy (non-hydrogen) atoms. The van der Waals surface area contributed by atoms with Gasteiger partial charge in [-0.3, -0.25) is 4.90 Å². The Morgan fingerprint density at radius 2 is 1.83 bits per heavy atom. The number of rotatable bonds is 5. The lowest BCUT2D eigenvalue weighted by Gasteiger charge is -2.36. The van der Waals surface area contributed by atoms with Crippen LogP contribution in [0.15, 0.2) is 0 Å². The van der Waals surface area contributed by atoms with Crippen LogP contribution in [-0.2, 0) is 9.47 Å². The molecule has 106 valence electrons. The summed E-state index contributed by atoms with van der Waals surface area (Å²) in [5.41, 5.74) is 0.396. The summed E-state index contributed by atoms with van der Waals surface area (Å²) in [4.78, 5) is 2.43. The van der Waals surface area contributed by atoms with Gasteiger partial charge in [-0.2, -0.15) is 0 Å². The molecule has 2 saturated heterocycles. The lowest BCUT2D eigenvalue weighted by atomic mass is 9.82. The van der Waals surface area contributed by atoms with Gasteiger partial charge in [-0.1, -0.05) is 6.92 Å². The molecule has 0 atom stereocenters. The van der Waals surface area contributed by atoms with Crippen LogP contribution >= 0.6 is 22.9 Å². The molecule has 2 rings (SSSR count). The zero-order valence-corrected chi connectivity index (χ0v) is 13.5. The molecule has 0 radical (unpaired) electrons. The number of halogens is 1. The molecule has 0 spiro atoms. The third kappa shape index (κ3) is 4.92. The van der Waals surface area contributed by atoms with E-state index < -0.39 is 0 Å². The van der Waals surface area contributed by atoms with Crippen LogP contribution < -0.4 is 0 Å². The summed E-state index contributed by atoms with van der Waals surface area (Å²) in [6.07, 6.45) is 2.51. The lowest BCUT2D eigenvalue weighted by molar-refractivity contribution is -0.00410. The lowest BCUT2D eigenvalue weighted by Crippen LogP contribution is -2.40. The van der Waals surface area contributed by atoms with Gasteiger partial charge in [-0.15, -0.1) is 0 Å². The van der Waals surface area contributed by atoms with E-state index in [4.69, 9.17) is 9.47 Å². The Balaban J connectivity index is 1.57. The van der Waals surface area contributed by atoms with E-state index in [1.54, 1.807) is 0 Å². The van der Waals surface area contributed by atoms with Gasteiger partial charge >= 0.3 is 0 Å². The molecule has 0 N–H and O–H groups in total. The van der Waals surface area contributed by atoms with Crippen LogP contribution in [0.5, 0.6) is 0 Å². The average molecular weight is 368 g/mol. The minimum absolute atomic E-state index is 0.396. The average Bonchev–Trinajstić information content (AvgIpc) is 2.40. The SMILES string of the molecule is CC1(COCCN2CCOCC2)CCN(I)CC1. The van der Waals surface area contributed by atoms with E-state index in [-0.39, 0.29) is 0 Å². The molecule has 0 aliphatic carbocycles. The summed E-state index contributed by atoms with van der Waals surface area (Å²) < 4.78 is 13.6. The van der Waals surface area contributed by atoms with Gasteiger partial charge in [-0.25, -0.2) is 3.11 Å². The van der Waals surface area contributed by atoms with Gasteiger partial charge in [0.15, 0.2) is 0 Å². The van der Waals surface area contributed by atoms with Crippen molar-refractivity contribution in [3.05, 3.63) is 0 Å². The first-order valence-electron chi connectivity index (χ1n) is 6.97. The van der Waals surface area contributed by atoms with Crippen molar-refractivity contribution in [3.8, 4) is 0 Å². The van der Waals surface area contributed by atoms with Crippen LogP contribution in [0.25, 0.3) is 0 Å². The van der Waals surface area contributed by atoms with Crippen LogP contribution in [0.4, 0.5) is 0 Å². The van der Waals surface area contributed by atoms with Gasteiger partial charge in [0, 0.05) is 55.6 Å². The molecule has 0 aromatic rings. The third-order valence-electron chi connectivity index (χ3n) is 4.02. The Labute approximate surface area is 124 Å². The van der Waals surface area contributed by atoms with Crippen LogP contribution in [0.3, 0.4) is 0 Å². The number of piperidine rings is 1. The summed E-state index contributed by atoms with van der Waals surface area (Å²) in [5, 5.41) is 0. The minimum atomic E-state index is 0.396. The normalized spacial score (nSPS) is 26.3. The van der Waals surface area contributed by atoms with E-state index >= 15 is 0 Å². The van der Waals surface area contributed by atoms with Crippen molar-refractivity contribution >= 4 is 22.9 Å². The first-order valence-corrected chi connectivity index (χ1v) is 7.93. The van der Waals surface area contributed by atoms with Gasteiger partial charge in [-0.05, 0) is 18.3 Å². The standard InChI is InChI=1S/C13H25IN2O2/c1-13(2-4-16(14)5-3-13)12-18-11-8-15-6-9-17-10-7-15/h2-12H2,1H3. The number of hydrogen-bond donors (Lipinski definition) is 0. The van der Waals surface area contributed by atoms with Gasteiger partial charge < -0.3 is 9.47 Å². The predicted octanol–water partition coefficient (Wildman–Crippen LogP) is 1.79. The minimum Gasteiger partial charge on any atom is -0.380 e. The summed E-state index contributed by atoms with van der Waals surface area (Å²) in [7, 11) is 0. The molecule has 2 heterocycles. The summed E-state index contributed by atoms with van der Waals surface area (Å²) >= 11 is 2.42. The van der Waals surface area contributed by atoms with E-state index in [1.165, 1.54) is 25.9 Å². The Kier molecular flexibility index (Phi) is 6.14. The molecule has 4 nitrogen and oxygen atoms in total. The number of hydrogen-bond acceptors (Lipinski definition) is 4. The second kappa shape index (κ2) is 7.38. The van der Waals surface area contributed by atoms with Gasteiger partial charge in [0.25, 0.3) is 0 Å². The van der Waals surface area contributed by atoms with Crippen molar-refractivity contribution in [3.63, 3.8) is 0 Å². The van der Waals surface area contributed by atoms with Crippen molar-refractivity contribution < 1.29 is 9.47 Å². The maximum atomic E-state index is 5.91. The second-order valence-corrected chi connectivity index (χ2v) is 7.09. The molecule has 2 aliphatic rings. The molecule has 0 bridgehead atoms. The highest BCUT2D eigenvalue weighted by molar-refractivity contribution is 14.1. The van der Waals surface area contributed by atoms with E-state index in [0.717, 1.165) is 46.1 Å². The van der Waals surface area contributed by atoms with E-state index in [2.05, 4.69) is 37.8 Å². The van der Waals surface area contributed by atoms with Crippen LogP contribution in [0.1, 0.15) is 19.8 Å². The molecule has 2 aliphatic heterocycles. The van der Waals surface area contributed by atoms with Crippen LogP contribution in [-0.4, -0.2) is 67.2 Å². The monoisotopic (exact) mass is 368 g/mol. The van der Waals surface area contributed by atoms with Gasteiger partial charge in [0.1, 0.15) is 0 Å². The van der Waals surface area contributed by atoms with Crippen molar-refractivity contribution in [1.29, 1.82) is 0 Å². The first-order chi connectivity index (χ1) is 8.68. The molecule has 5 heteroatoms. The van der Waals surface area contributed by atoms with Crippen molar-refractivity contribution in [2.24, 2.45) is 5.41 Å².